The molecule has 4 heterocycles. The molecule has 38 heavy (non-hydrogen) atoms. The van der Waals surface area contributed by atoms with E-state index in [1.54, 1.807) is 0 Å². The molecule has 2 atom stereocenters. The van der Waals surface area contributed by atoms with Crippen LogP contribution in [-0.4, -0.2) is 32.8 Å². The predicted octanol–water partition coefficient (Wildman–Crippen LogP) is 3.26. The van der Waals surface area contributed by atoms with Crippen LogP contribution in [0.3, 0.4) is 0 Å². The van der Waals surface area contributed by atoms with Gasteiger partial charge in [0, 0.05) is 29.1 Å². The summed E-state index contributed by atoms with van der Waals surface area (Å²) in [6, 6.07) is 29.9. The lowest BCUT2D eigenvalue weighted by Crippen LogP contribution is -2.48. The van der Waals surface area contributed by atoms with Crippen LogP contribution in [0.25, 0.3) is 11.4 Å². The third-order valence-electron chi connectivity index (χ3n) is 7.37. The van der Waals surface area contributed by atoms with Crippen LogP contribution in [-0.2, 0) is 35.5 Å². The fourth-order valence-corrected chi connectivity index (χ4v) is 5.44. The normalized spacial score (nSPS) is 18.6. The Labute approximate surface area is 221 Å². The van der Waals surface area contributed by atoms with Crippen molar-refractivity contribution in [1.29, 1.82) is 0 Å². The van der Waals surface area contributed by atoms with Crippen molar-refractivity contribution in [2.75, 3.05) is 13.2 Å². The number of benzene rings is 3. The average Bonchev–Trinajstić information content (AvgIpc) is 3.61. The summed E-state index contributed by atoms with van der Waals surface area (Å²) in [6.07, 6.45) is 6.01. The number of hydrogen-bond acceptors (Lipinski definition) is 4. The van der Waals surface area contributed by atoms with Crippen LogP contribution in [0, 0.1) is 0 Å². The largest absolute Gasteiger partial charge is 0.367 e. The van der Waals surface area contributed by atoms with Crippen LogP contribution in [0.1, 0.15) is 34.9 Å². The zero-order valence-electron chi connectivity index (χ0n) is 21.1. The van der Waals surface area contributed by atoms with E-state index in [2.05, 4.69) is 107 Å². The van der Waals surface area contributed by atoms with E-state index in [1.807, 2.05) is 9.36 Å². The van der Waals surface area contributed by atoms with Crippen molar-refractivity contribution in [3.8, 4) is 11.4 Å². The van der Waals surface area contributed by atoms with Gasteiger partial charge in [-0.05, 0) is 23.3 Å². The molecule has 0 spiro atoms. The molecule has 0 amide bonds. The summed E-state index contributed by atoms with van der Waals surface area (Å²) in [5.41, 5.74) is 4.56. The molecule has 2 aromatic heterocycles. The monoisotopic (exact) mass is 506 g/mol. The average molecular weight is 507 g/mol. The Hall–Kier alpha value is -4.14. The Morgan fingerprint density at radius 2 is 1.11 bits per heavy atom. The highest BCUT2D eigenvalue weighted by atomic mass is 16.5. The van der Waals surface area contributed by atoms with Gasteiger partial charge in [0.15, 0.2) is 0 Å². The molecule has 2 aliphatic rings. The van der Waals surface area contributed by atoms with Crippen LogP contribution in [0.5, 0.6) is 0 Å². The van der Waals surface area contributed by atoms with Gasteiger partial charge in [-0.15, -0.1) is 0 Å². The van der Waals surface area contributed by atoms with Gasteiger partial charge in [0.1, 0.15) is 36.7 Å². The van der Waals surface area contributed by atoms with Crippen molar-refractivity contribution in [3.63, 3.8) is 0 Å². The smallest absolute Gasteiger partial charge is 0.304 e. The molecule has 3 aromatic carbocycles. The number of fused-ring (bicyclic) bond motifs is 2. The second kappa shape index (κ2) is 9.96. The predicted molar refractivity (Wildman–Crippen MR) is 139 cm³/mol. The van der Waals surface area contributed by atoms with E-state index in [4.69, 9.17) is 19.7 Å². The Kier molecular flexibility index (Phi) is 6.03. The summed E-state index contributed by atoms with van der Waals surface area (Å²) in [6.45, 7) is 2.40. The highest BCUT2D eigenvalue weighted by molar-refractivity contribution is 5.42. The van der Waals surface area contributed by atoms with Crippen LogP contribution >= 0.6 is 0 Å². The number of hydrogen-bond donors (Lipinski definition) is 0. The van der Waals surface area contributed by atoms with Crippen LogP contribution in [0.4, 0.5) is 0 Å². The molecule has 8 nitrogen and oxygen atoms in total. The Balaban J connectivity index is 1.16. The lowest BCUT2D eigenvalue weighted by atomic mass is 10.1. The topological polar surface area (TPSA) is 61.9 Å². The molecule has 8 heteroatoms. The minimum Gasteiger partial charge on any atom is -0.367 e. The van der Waals surface area contributed by atoms with E-state index < -0.39 is 0 Å². The van der Waals surface area contributed by atoms with Gasteiger partial charge >= 0.3 is 11.6 Å². The maximum Gasteiger partial charge on any atom is 0.304 e. The summed E-state index contributed by atoms with van der Waals surface area (Å²) < 4.78 is 20.2. The zero-order chi connectivity index (χ0) is 25.3. The van der Waals surface area contributed by atoms with E-state index in [-0.39, 0.29) is 12.1 Å². The van der Waals surface area contributed by atoms with Gasteiger partial charge in [-0.3, -0.25) is 0 Å². The van der Waals surface area contributed by atoms with E-state index in [0.29, 0.717) is 26.4 Å². The summed E-state index contributed by atoms with van der Waals surface area (Å²) in [5.74, 6) is 1.88. The maximum absolute atomic E-state index is 5.90. The van der Waals surface area contributed by atoms with Gasteiger partial charge < -0.3 is 9.47 Å². The fourth-order valence-electron chi connectivity index (χ4n) is 5.44. The first-order valence-electron chi connectivity index (χ1n) is 13.1. The third-order valence-corrected chi connectivity index (χ3v) is 7.37. The first kappa shape index (κ1) is 23.0. The molecule has 0 N–H and O–H groups in total. The van der Waals surface area contributed by atoms with E-state index in [0.717, 1.165) is 35.9 Å². The molecule has 0 unspecified atom stereocenters. The molecule has 0 radical (unpaired) electrons. The molecule has 0 aliphatic carbocycles. The standard InChI is InChI=1S/C30H30N6O2/c1-3-8-23(9-4-1)14-27-17-37-19-29-31-35(21-33(27)29)25-12-7-13-26(16-25)36-22-34-28(18-38-20-30(34)32-36)15-24-10-5-2-6-11-24/h1-13,16,21-22,27-28H,14-15,17-20H2/q+2/t27-,28-/m0/s1. The van der Waals surface area contributed by atoms with E-state index >= 15 is 0 Å². The van der Waals surface area contributed by atoms with Crippen LogP contribution in [0.15, 0.2) is 97.6 Å². The Morgan fingerprint density at radius 3 is 1.58 bits per heavy atom. The first-order chi connectivity index (χ1) is 18.8. The third kappa shape index (κ3) is 4.53. The van der Waals surface area contributed by atoms with Crippen molar-refractivity contribution in [3.05, 3.63) is 120 Å². The van der Waals surface area contributed by atoms with Gasteiger partial charge in [0.05, 0.1) is 13.2 Å². The summed E-state index contributed by atoms with van der Waals surface area (Å²) in [4.78, 5) is 0. The Morgan fingerprint density at radius 1 is 0.632 bits per heavy atom. The molecule has 0 fully saturated rings. The highest BCUT2D eigenvalue weighted by Gasteiger charge is 2.32. The number of rotatable bonds is 6. The molecule has 0 saturated carbocycles. The van der Waals surface area contributed by atoms with Crippen molar-refractivity contribution in [1.82, 2.24) is 19.6 Å². The molecule has 0 bridgehead atoms. The molecule has 7 rings (SSSR count). The second-order valence-corrected chi connectivity index (χ2v) is 10.0. The lowest BCUT2D eigenvalue weighted by molar-refractivity contribution is -0.743. The molecular weight excluding hydrogens is 476 g/mol. The highest BCUT2D eigenvalue weighted by Crippen LogP contribution is 2.19. The van der Waals surface area contributed by atoms with Crippen molar-refractivity contribution < 1.29 is 18.6 Å². The lowest BCUT2D eigenvalue weighted by Gasteiger charge is -2.19. The Bertz CT molecular complexity index is 1430. The minimum atomic E-state index is 0.217. The van der Waals surface area contributed by atoms with Crippen molar-refractivity contribution in [2.24, 2.45) is 0 Å². The van der Waals surface area contributed by atoms with E-state index in [9.17, 15) is 0 Å². The number of ether oxygens (including phenoxy) is 2. The zero-order valence-corrected chi connectivity index (χ0v) is 21.1. The van der Waals surface area contributed by atoms with Crippen molar-refractivity contribution in [2.45, 2.75) is 38.1 Å². The quantitative estimate of drug-likeness (QED) is 0.332. The molecule has 2 aliphatic heterocycles. The summed E-state index contributed by atoms with van der Waals surface area (Å²) in [7, 11) is 0. The second-order valence-electron chi connectivity index (χ2n) is 10.0. The van der Waals surface area contributed by atoms with Gasteiger partial charge in [-0.1, -0.05) is 76.1 Å². The number of nitrogens with zero attached hydrogens (tertiary/aromatic N) is 6. The maximum atomic E-state index is 5.90. The van der Waals surface area contributed by atoms with Crippen LogP contribution < -0.4 is 9.13 Å². The molecule has 5 aromatic rings. The summed E-state index contributed by atoms with van der Waals surface area (Å²) >= 11 is 0. The van der Waals surface area contributed by atoms with Gasteiger partial charge in [-0.2, -0.15) is 0 Å². The number of aromatic nitrogens is 6. The molecular formula is C30H30N6O2+2. The first-order valence-corrected chi connectivity index (χ1v) is 13.1. The van der Waals surface area contributed by atoms with Gasteiger partial charge in [0.2, 0.25) is 12.7 Å². The van der Waals surface area contributed by atoms with Crippen molar-refractivity contribution >= 4 is 0 Å². The fraction of sp³-hybridized carbons (Fsp3) is 0.267. The van der Waals surface area contributed by atoms with Gasteiger partial charge in [0.25, 0.3) is 0 Å². The SMILES string of the molecule is c1ccc(C[C@H]2COCc3nn(-c4cccc(-n5c[n+]6c(n5)COC[C@@H]6Cc5ccccc5)c4)c[n+]32)cc1. The summed E-state index contributed by atoms with van der Waals surface area (Å²) in [5, 5.41) is 9.74. The van der Waals surface area contributed by atoms with Gasteiger partial charge in [-0.25, -0.2) is 9.13 Å². The molecule has 190 valence electrons. The van der Waals surface area contributed by atoms with E-state index in [1.165, 1.54) is 11.1 Å². The van der Waals surface area contributed by atoms with Crippen LogP contribution in [0.2, 0.25) is 0 Å². The minimum absolute atomic E-state index is 0.217. The molecule has 0 saturated heterocycles.